The molecule has 1 heterocycles. The molecule has 4 saturated carbocycles. The van der Waals surface area contributed by atoms with Gasteiger partial charge in [0.05, 0.1) is 11.0 Å². The number of fused-ring (bicyclic) bond motifs is 1. The van der Waals surface area contributed by atoms with Crippen LogP contribution in [0.3, 0.4) is 0 Å². The molecule has 4 aliphatic carbocycles. The highest BCUT2D eigenvalue weighted by atomic mass is 35.5. The van der Waals surface area contributed by atoms with E-state index in [1.165, 1.54) is 16.7 Å². The van der Waals surface area contributed by atoms with Crippen LogP contribution in [0.2, 0.25) is 5.02 Å². The Morgan fingerprint density at radius 3 is 2.53 bits per heavy atom. The molecule has 184 valence electrons. The Morgan fingerprint density at radius 1 is 1.24 bits per heavy atom. The molecule has 2 atom stereocenters. The SMILES string of the molecule is CCC1CC[C@]2(c3ccc(CCC(C)(C)C)c(Cl)c3)CC(=O)N(C34CC(C(=O)O)(C3)C4)C=C2C1. The molecule has 1 aromatic rings. The highest BCUT2D eigenvalue weighted by Gasteiger charge is 2.75. The third kappa shape index (κ3) is 3.63. The van der Waals surface area contributed by atoms with Gasteiger partial charge in [-0.1, -0.05) is 57.8 Å². The highest BCUT2D eigenvalue weighted by Crippen LogP contribution is 2.71. The fourth-order valence-electron chi connectivity index (χ4n) is 7.12. The smallest absolute Gasteiger partial charge is 0.309 e. The first kappa shape index (κ1) is 23.9. The third-order valence-electron chi connectivity index (χ3n) is 9.40. The molecule has 1 aromatic carbocycles. The summed E-state index contributed by atoms with van der Waals surface area (Å²) in [5, 5.41) is 10.4. The number of hydrogen-bond acceptors (Lipinski definition) is 2. The molecule has 0 saturated heterocycles. The molecule has 1 amide bonds. The van der Waals surface area contributed by atoms with Crippen molar-refractivity contribution in [3.63, 3.8) is 0 Å². The van der Waals surface area contributed by atoms with Crippen LogP contribution in [0.1, 0.15) is 96.6 Å². The van der Waals surface area contributed by atoms with Crippen LogP contribution in [-0.4, -0.2) is 27.4 Å². The van der Waals surface area contributed by atoms with Crippen molar-refractivity contribution in [1.82, 2.24) is 4.90 Å². The molecule has 0 radical (unpaired) electrons. The van der Waals surface area contributed by atoms with Crippen LogP contribution < -0.4 is 0 Å². The van der Waals surface area contributed by atoms with Gasteiger partial charge in [-0.15, -0.1) is 0 Å². The van der Waals surface area contributed by atoms with E-state index in [0.717, 1.165) is 43.5 Å². The predicted octanol–water partition coefficient (Wildman–Crippen LogP) is 6.89. The number of hydrogen-bond donors (Lipinski definition) is 1. The molecule has 0 spiro atoms. The molecule has 1 N–H and O–H groups in total. The van der Waals surface area contributed by atoms with Gasteiger partial charge in [-0.05, 0) is 85.5 Å². The summed E-state index contributed by atoms with van der Waals surface area (Å²) >= 11 is 6.81. The van der Waals surface area contributed by atoms with E-state index >= 15 is 0 Å². The van der Waals surface area contributed by atoms with Crippen LogP contribution in [0.15, 0.2) is 30.0 Å². The first-order chi connectivity index (χ1) is 15.9. The predicted molar refractivity (Wildman–Crippen MR) is 135 cm³/mol. The number of amides is 1. The Bertz CT molecular complexity index is 1050. The van der Waals surface area contributed by atoms with Gasteiger partial charge in [0.15, 0.2) is 0 Å². The molecular weight excluding hydrogens is 446 g/mol. The summed E-state index contributed by atoms with van der Waals surface area (Å²) in [4.78, 5) is 27.2. The topological polar surface area (TPSA) is 57.6 Å². The van der Waals surface area contributed by atoms with Gasteiger partial charge in [0.2, 0.25) is 5.91 Å². The summed E-state index contributed by atoms with van der Waals surface area (Å²) in [6.45, 7) is 9.01. The summed E-state index contributed by atoms with van der Waals surface area (Å²) in [6.07, 6.45) is 10.7. The summed E-state index contributed by atoms with van der Waals surface area (Å²) in [5.74, 6) is 0.0745. The number of aliphatic carboxylic acids is 1. The summed E-state index contributed by atoms with van der Waals surface area (Å²) in [7, 11) is 0. The van der Waals surface area contributed by atoms with Gasteiger partial charge in [-0.3, -0.25) is 9.59 Å². The number of carboxylic acid groups (broad SMARTS) is 1. The molecule has 4 fully saturated rings. The van der Waals surface area contributed by atoms with Crippen molar-refractivity contribution >= 4 is 23.5 Å². The minimum atomic E-state index is -0.703. The maximum atomic E-state index is 13.6. The summed E-state index contributed by atoms with van der Waals surface area (Å²) in [5.41, 5.74) is 2.84. The van der Waals surface area contributed by atoms with Crippen LogP contribution in [-0.2, 0) is 21.4 Å². The lowest BCUT2D eigenvalue weighted by atomic mass is 9.38. The monoisotopic (exact) mass is 483 g/mol. The number of benzene rings is 1. The van der Waals surface area contributed by atoms with E-state index < -0.39 is 11.4 Å². The van der Waals surface area contributed by atoms with Gasteiger partial charge in [0, 0.05) is 23.1 Å². The highest BCUT2D eigenvalue weighted by molar-refractivity contribution is 6.31. The van der Waals surface area contributed by atoms with E-state index in [9.17, 15) is 14.7 Å². The quantitative estimate of drug-likeness (QED) is 0.479. The Morgan fingerprint density at radius 2 is 1.94 bits per heavy atom. The lowest BCUT2D eigenvalue weighted by molar-refractivity contribution is -0.224. The number of nitrogens with zero attached hydrogens (tertiary/aromatic N) is 1. The maximum Gasteiger partial charge on any atom is 0.309 e. The van der Waals surface area contributed by atoms with Gasteiger partial charge in [-0.2, -0.15) is 0 Å². The number of halogens is 1. The van der Waals surface area contributed by atoms with Crippen molar-refractivity contribution in [2.75, 3.05) is 0 Å². The number of carbonyl (C=O) groups excluding carboxylic acids is 1. The van der Waals surface area contributed by atoms with Gasteiger partial charge in [0.25, 0.3) is 0 Å². The molecule has 6 rings (SSSR count). The van der Waals surface area contributed by atoms with Crippen molar-refractivity contribution in [3.05, 3.63) is 46.1 Å². The molecule has 1 unspecified atom stereocenters. The van der Waals surface area contributed by atoms with Crippen LogP contribution in [0.25, 0.3) is 0 Å². The minimum Gasteiger partial charge on any atom is -0.481 e. The normalized spacial score (nSPS) is 34.6. The molecule has 2 bridgehead atoms. The zero-order valence-corrected chi connectivity index (χ0v) is 21.8. The van der Waals surface area contributed by atoms with E-state index in [0.29, 0.717) is 31.6 Å². The second-order valence-corrected chi connectivity index (χ2v) is 13.3. The Balaban J connectivity index is 1.46. The molecule has 34 heavy (non-hydrogen) atoms. The number of aryl methyl sites for hydroxylation is 1. The average Bonchev–Trinajstić information content (AvgIpc) is 2.70. The molecule has 4 nitrogen and oxygen atoms in total. The van der Waals surface area contributed by atoms with E-state index in [2.05, 4.69) is 52.1 Å². The van der Waals surface area contributed by atoms with E-state index in [4.69, 9.17) is 11.6 Å². The second-order valence-electron chi connectivity index (χ2n) is 12.9. The molecular formula is C29H38ClNO3. The minimum absolute atomic E-state index is 0.144. The fourth-order valence-corrected chi connectivity index (χ4v) is 7.40. The Hall–Kier alpha value is -1.81. The van der Waals surface area contributed by atoms with Crippen molar-refractivity contribution in [3.8, 4) is 0 Å². The van der Waals surface area contributed by atoms with Crippen molar-refractivity contribution in [2.24, 2.45) is 16.7 Å². The van der Waals surface area contributed by atoms with E-state index in [1.807, 2.05) is 4.90 Å². The maximum absolute atomic E-state index is 13.6. The number of carboxylic acids is 1. The Kier molecular flexibility index (Phi) is 5.52. The van der Waals surface area contributed by atoms with E-state index in [-0.39, 0.29) is 22.3 Å². The molecule has 5 aliphatic rings. The average molecular weight is 484 g/mol. The zero-order chi connectivity index (χ0) is 24.5. The lowest BCUT2D eigenvalue weighted by Crippen LogP contribution is -2.77. The number of rotatable bonds is 6. The van der Waals surface area contributed by atoms with Gasteiger partial charge >= 0.3 is 5.97 Å². The van der Waals surface area contributed by atoms with Crippen LogP contribution >= 0.6 is 11.6 Å². The van der Waals surface area contributed by atoms with Crippen molar-refractivity contribution < 1.29 is 14.7 Å². The third-order valence-corrected chi connectivity index (χ3v) is 9.76. The Labute approximate surface area is 208 Å². The van der Waals surface area contributed by atoms with Gasteiger partial charge in [-0.25, -0.2) is 0 Å². The fraction of sp³-hybridized carbons (Fsp3) is 0.655. The summed E-state index contributed by atoms with van der Waals surface area (Å²) < 4.78 is 0. The molecule has 5 heteroatoms. The van der Waals surface area contributed by atoms with Crippen molar-refractivity contribution in [2.45, 2.75) is 103 Å². The second kappa shape index (κ2) is 7.85. The first-order valence-corrected chi connectivity index (χ1v) is 13.4. The van der Waals surface area contributed by atoms with Gasteiger partial charge in [0.1, 0.15) is 0 Å². The largest absolute Gasteiger partial charge is 0.481 e. The zero-order valence-electron chi connectivity index (χ0n) is 21.0. The lowest BCUT2D eigenvalue weighted by Gasteiger charge is -2.71. The molecule has 0 aromatic heterocycles. The number of carbonyl (C=O) groups is 2. The van der Waals surface area contributed by atoms with Crippen LogP contribution in [0.5, 0.6) is 0 Å². The van der Waals surface area contributed by atoms with Crippen LogP contribution in [0, 0.1) is 16.7 Å². The molecule has 1 aliphatic heterocycles. The summed E-state index contributed by atoms with van der Waals surface area (Å²) in [6, 6.07) is 6.52. The van der Waals surface area contributed by atoms with Crippen molar-refractivity contribution in [1.29, 1.82) is 0 Å². The standard InChI is InChI=1S/C29H38ClNO3/c1-5-19-8-11-29(21-7-6-20(23(30)13-21)9-10-26(2,3)4)14-24(32)31(15-22(29)12-19)28-16-27(17-28,18-28)25(33)34/h6-7,13,15,19H,5,8-12,14,16-18H2,1-4H3,(H,33,34)/t19?,27?,28?,29-/m1/s1. The van der Waals surface area contributed by atoms with Crippen LogP contribution in [0.4, 0.5) is 0 Å². The number of allylic oxidation sites excluding steroid dienone is 1. The van der Waals surface area contributed by atoms with E-state index in [1.54, 1.807) is 0 Å². The van der Waals surface area contributed by atoms with Gasteiger partial charge < -0.3 is 10.0 Å². The first-order valence-electron chi connectivity index (χ1n) is 13.0.